The molecule has 0 amide bonds. The van der Waals surface area contributed by atoms with Crippen LogP contribution in [-0.4, -0.2) is 44.4 Å². The number of hydrogen-bond acceptors (Lipinski definition) is 6. The lowest BCUT2D eigenvalue weighted by Crippen LogP contribution is -2.17. The summed E-state index contributed by atoms with van der Waals surface area (Å²) in [6.07, 6.45) is -6.25. The highest BCUT2D eigenvalue weighted by atomic mass is 35.5. The number of rotatable bonds is 7. The van der Waals surface area contributed by atoms with Crippen molar-refractivity contribution in [1.29, 1.82) is 0 Å². The van der Waals surface area contributed by atoms with Gasteiger partial charge in [0.1, 0.15) is 0 Å². The second-order valence-corrected chi connectivity index (χ2v) is 5.72. The summed E-state index contributed by atoms with van der Waals surface area (Å²) < 4.78 is 63.2. The van der Waals surface area contributed by atoms with Crippen LogP contribution in [0.5, 0.6) is 11.8 Å². The molecule has 12 heteroatoms. The number of nitrogens with zero attached hydrogens (tertiary/aromatic N) is 5. The van der Waals surface area contributed by atoms with Crippen LogP contribution in [0.3, 0.4) is 0 Å². The minimum atomic E-state index is -2.95. The second kappa shape index (κ2) is 7.91. The Morgan fingerprint density at radius 2 is 1.96 bits per heavy atom. The quantitative estimate of drug-likeness (QED) is 0.560. The Labute approximate surface area is 154 Å². The van der Waals surface area contributed by atoms with Gasteiger partial charge in [-0.3, -0.25) is 0 Å². The van der Waals surface area contributed by atoms with Crippen molar-refractivity contribution in [2.45, 2.75) is 19.0 Å². The first-order valence-corrected chi connectivity index (χ1v) is 7.90. The lowest BCUT2D eigenvalue weighted by molar-refractivity contribution is 0.00815. The van der Waals surface area contributed by atoms with Gasteiger partial charge < -0.3 is 9.47 Å². The smallest absolute Gasteiger partial charge is 0.279 e. The molecule has 0 N–H and O–H groups in total. The molecule has 0 aliphatic carbocycles. The van der Waals surface area contributed by atoms with E-state index in [1.165, 1.54) is 23.9 Å². The molecule has 1 unspecified atom stereocenters. The first-order chi connectivity index (χ1) is 12.8. The van der Waals surface area contributed by atoms with E-state index in [0.717, 1.165) is 12.3 Å². The lowest BCUT2D eigenvalue weighted by atomic mass is 10.1. The van der Waals surface area contributed by atoms with Gasteiger partial charge in [0, 0.05) is 24.9 Å². The van der Waals surface area contributed by atoms with E-state index in [1.807, 2.05) is 0 Å². The molecule has 3 rings (SSSR count). The zero-order valence-corrected chi connectivity index (χ0v) is 14.4. The molecule has 0 aliphatic rings. The van der Waals surface area contributed by atoms with Crippen LogP contribution in [0.1, 0.15) is 11.7 Å². The minimum absolute atomic E-state index is 0.0174. The topological polar surface area (TPSA) is 75.0 Å². The molecule has 3 heterocycles. The van der Waals surface area contributed by atoms with Crippen LogP contribution in [0.25, 0.3) is 11.0 Å². The summed E-state index contributed by atoms with van der Waals surface area (Å²) in [5.74, 6) is -0.344. The van der Waals surface area contributed by atoms with Crippen molar-refractivity contribution in [1.82, 2.24) is 25.0 Å². The van der Waals surface area contributed by atoms with E-state index in [-0.39, 0.29) is 28.1 Å². The highest BCUT2D eigenvalue weighted by Gasteiger charge is 2.28. The van der Waals surface area contributed by atoms with Gasteiger partial charge in [0.25, 0.3) is 12.9 Å². The van der Waals surface area contributed by atoms with Gasteiger partial charge in [-0.05, 0) is 12.1 Å². The van der Waals surface area contributed by atoms with E-state index in [1.54, 1.807) is 0 Å². The van der Waals surface area contributed by atoms with Gasteiger partial charge in [0.05, 0.1) is 5.39 Å². The molecule has 0 aromatic carbocycles. The van der Waals surface area contributed by atoms with Gasteiger partial charge in [0.2, 0.25) is 11.8 Å². The fourth-order valence-electron chi connectivity index (χ4n) is 2.30. The molecule has 27 heavy (non-hydrogen) atoms. The van der Waals surface area contributed by atoms with Crippen LogP contribution in [0.2, 0.25) is 5.15 Å². The fraction of sp³-hybridized carbons (Fsp3) is 0.333. The average Bonchev–Trinajstić information content (AvgIpc) is 2.93. The SMILES string of the molecule is Cn1nc(OC(c2ccnc(OCC(F)F)c2)C(F)F)c2cc(Cl)nnc21. The largest absolute Gasteiger partial charge is 0.472 e. The zero-order valence-electron chi connectivity index (χ0n) is 13.7. The first-order valence-electron chi connectivity index (χ1n) is 7.52. The molecule has 1 atom stereocenters. The maximum atomic E-state index is 13.6. The standard InChI is InChI=1S/C15H12ClF4N5O2/c1-25-14-8(5-9(16)22-23-14)15(24-25)27-12(13(19)20)7-2-3-21-11(4-7)26-6-10(17)18/h2-5,10,12-13H,6H2,1H3. The average molecular weight is 406 g/mol. The third-order valence-corrected chi connectivity index (χ3v) is 3.62. The van der Waals surface area contributed by atoms with Gasteiger partial charge in [-0.15, -0.1) is 15.3 Å². The van der Waals surface area contributed by atoms with Crippen molar-refractivity contribution in [2.24, 2.45) is 7.05 Å². The van der Waals surface area contributed by atoms with E-state index in [0.29, 0.717) is 5.39 Å². The summed E-state index contributed by atoms with van der Waals surface area (Å²) in [5, 5.41) is 11.8. The Bertz CT molecular complexity index is 940. The highest BCUT2D eigenvalue weighted by Crippen LogP contribution is 2.32. The third-order valence-electron chi connectivity index (χ3n) is 3.43. The number of pyridine rings is 1. The van der Waals surface area contributed by atoms with Crippen LogP contribution in [-0.2, 0) is 7.05 Å². The van der Waals surface area contributed by atoms with E-state index in [2.05, 4.69) is 20.3 Å². The molecule has 0 radical (unpaired) electrons. The predicted octanol–water partition coefficient (Wildman–Crippen LogP) is 3.44. The van der Waals surface area contributed by atoms with Crippen molar-refractivity contribution in [3.63, 3.8) is 0 Å². The summed E-state index contributed by atoms with van der Waals surface area (Å²) in [4.78, 5) is 3.71. The van der Waals surface area contributed by atoms with E-state index >= 15 is 0 Å². The maximum absolute atomic E-state index is 13.6. The van der Waals surface area contributed by atoms with Gasteiger partial charge >= 0.3 is 0 Å². The van der Waals surface area contributed by atoms with Gasteiger partial charge in [0.15, 0.2) is 23.5 Å². The van der Waals surface area contributed by atoms with Gasteiger partial charge in [-0.2, -0.15) is 0 Å². The van der Waals surface area contributed by atoms with Crippen LogP contribution < -0.4 is 9.47 Å². The molecule has 0 aliphatic heterocycles. The Morgan fingerprint density at radius 3 is 2.67 bits per heavy atom. The first kappa shape index (κ1) is 19.1. The highest BCUT2D eigenvalue weighted by molar-refractivity contribution is 6.29. The minimum Gasteiger partial charge on any atom is -0.472 e. The van der Waals surface area contributed by atoms with Crippen molar-refractivity contribution in [3.05, 3.63) is 35.1 Å². The number of alkyl halides is 4. The third kappa shape index (κ3) is 4.35. The van der Waals surface area contributed by atoms with E-state index < -0.39 is 25.6 Å². The molecule has 0 bridgehead atoms. The zero-order chi connectivity index (χ0) is 19.6. The molecule has 3 aromatic rings. The maximum Gasteiger partial charge on any atom is 0.279 e. The van der Waals surface area contributed by atoms with Crippen LogP contribution >= 0.6 is 11.6 Å². The number of aromatic nitrogens is 5. The Morgan fingerprint density at radius 1 is 1.19 bits per heavy atom. The molecule has 7 nitrogen and oxygen atoms in total. The summed E-state index contributed by atoms with van der Waals surface area (Å²) >= 11 is 5.80. The number of aryl methyl sites for hydroxylation is 1. The summed E-state index contributed by atoms with van der Waals surface area (Å²) in [7, 11) is 1.54. The van der Waals surface area contributed by atoms with Crippen molar-refractivity contribution in [2.75, 3.05) is 6.61 Å². The fourth-order valence-corrected chi connectivity index (χ4v) is 2.44. The number of fused-ring (bicyclic) bond motifs is 1. The second-order valence-electron chi connectivity index (χ2n) is 5.34. The lowest BCUT2D eigenvalue weighted by Gasteiger charge is -2.18. The van der Waals surface area contributed by atoms with Crippen LogP contribution in [0.4, 0.5) is 17.6 Å². The summed E-state index contributed by atoms with van der Waals surface area (Å²) in [6.45, 7) is -0.904. The molecule has 3 aromatic heterocycles. The normalized spacial score (nSPS) is 12.7. The molecular formula is C15H12ClF4N5O2. The monoisotopic (exact) mass is 405 g/mol. The summed E-state index contributed by atoms with van der Waals surface area (Å²) in [6, 6.07) is 3.76. The van der Waals surface area contributed by atoms with E-state index in [9.17, 15) is 17.6 Å². The summed E-state index contributed by atoms with van der Waals surface area (Å²) in [5.41, 5.74) is 0.272. The van der Waals surface area contributed by atoms with Crippen molar-refractivity contribution >= 4 is 22.6 Å². The van der Waals surface area contributed by atoms with Gasteiger partial charge in [-0.25, -0.2) is 27.2 Å². The van der Waals surface area contributed by atoms with Crippen LogP contribution in [0, 0.1) is 0 Å². The molecular weight excluding hydrogens is 394 g/mol. The number of halogens is 5. The van der Waals surface area contributed by atoms with Crippen molar-refractivity contribution < 1.29 is 27.0 Å². The number of hydrogen-bond donors (Lipinski definition) is 0. The molecule has 0 spiro atoms. The van der Waals surface area contributed by atoms with Gasteiger partial charge in [-0.1, -0.05) is 11.6 Å². The van der Waals surface area contributed by atoms with Crippen molar-refractivity contribution in [3.8, 4) is 11.8 Å². The molecule has 0 saturated carbocycles. The van der Waals surface area contributed by atoms with Crippen LogP contribution in [0.15, 0.2) is 24.4 Å². The van der Waals surface area contributed by atoms with E-state index in [4.69, 9.17) is 21.1 Å². The predicted molar refractivity (Wildman–Crippen MR) is 86.4 cm³/mol. The Hall–Kier alpha value is -2.69. The molecule has 0 saturated heterocycles. The Kier molecular flexibility index (Phi) is 5.59. The molecule has 144 valence electrons. The molecule has 0 fully saturated rings. The Balaban J connectivity index is 1.91. The number of ether oxygens (including phenoxy) is 2.